The van der Waals surface area contributed by atoms with Gasteiger partial charge in [-0.1, -0.05) is 64.3 Å². The van der Waals surface area contributed by atoms with Crippen LogP contribution in [-0.4, -0.2) is 25.2 Å². The lowest BCUT2D eigenvalue weighted by Gasteiger charge is -2.28. The SMILES string of the molecule is C=CCOC(=O)c1ccc(C2(C)CC(C)(C)c3ccc(C(=O)OCC=C)cc32)cc1. The van der Waals surface area contributed by atoms with Gasteiger partial charge in [-0.2, -0.15) is 0 Å². The number of hydrogen-bond acceptors (Lipinski definition) is 4. The van der Waals surface area contributed by atoms with E-state index in [1.165, 1.54) is 5.56 Å². The molecule has 1 aliphatic rings. The molecule has 2 aromatic carbocycles. The lowest BCUT2D eigenvalue weighted by molar-refractivity contribution is 0.0540. The van der Waals surface area contributed by atoms with E-state index in [4.69, 9.17) is 9.47 Å². The first-order chi connectivity index (χ1) is 14.2. The maximum Gasteiger partial charge on any atom is 0.338 e. The molecule has 0 amide bonds. The summed E-state index contributed by atoms with van der Waals surface area (Å²) < 4.78 is 10.3. The second-order valence-corrected chi connectivity index (χ2v) is 8.50. The van der Waals surface area contributed by atoms with Crippen molar-refractivity contribution in [1.29, 1.82) is 0 Å². The summed E-state index contributed by atoms with van der Waals surface area (Å²) in [6, 6.07) is 13.3. The van der Waals surface area contributed by atoms with Crippen LogP contribution >= 0.6 is 0 Å². The molecule has 0 radical (unpaired) electrons. The third-order valence-corrected chi connectivity index (χ3v) is 5.80. The maximum absolute atomic E-state index is 12.4. The van der Waals surface area contributed by atoms with Gasteiger partial charge in [-0.3, -0.25) is 0 Å². The molecule has 0 saturated carbocycles. The Bertz CT molecular complexity index is 985. The molecule has 30 heavy (non-hydrogen) atoms. The van der Waals surface area contributed by atoms with Crippen molar-refractivity contribution in [3.05, 3.63) is 95.6 Å². The number of fused-ring (bicyclic) bond motifs is 1. The lowest BCUT2D eigenvalue weighted by atomic mass is 9.75. The van der Waals surface area contributed by atoms with Crippen molar-refractivity contribution in [3.63, 3.8) is 0 Å². The summed E-state index contributed by atoms with van der Waals surface area (Å²) in [6.07, 6.45) is 3.99. The molecule has 0 fully saturated rings. The highest BCUT2D eigenvalue weighted by molar-refractivity contribution is 5.90. The zero-order valence-electron chi connectivity index (χ0n) is 17.9. The Hall–Kier alpha value is -3.14. The van der Waals surface area contributed by atoms with Gasteiger partial charge in [-0.05, 0) is 52.8 Å². The first kappa shape index (κ1) is 21.6. The molecule has 1 unspecified atom stereocenters. The standard InChI is InChI=1S/C26H28O4/c1-6-14-29-23(27)18-8-11-20(12-9-18)26(5)17-25(3,4)21-13-10-19(16-22(21)26)24(28)30-15-7-2/h6-13,16H,1-2,14-15,17H2,3-5H3. The van der Waals surface area contributed by atoms with Crippen LogP contribution in [0.25, 0.3) is 0 Å². The van der Waals surface area contributed by atoms with Gasteiger partial charge < -0.3 is 9.47 Å². The van der Waals surface area contributed by atoms with Gasteiger partial charge in [0.05, 0.1) is 11.1 Å². The molecule has 4 heteroatoms. The van der Waals surface area contributed by atoms with Crippen LogP contribution in [0.15, 0.2) is 67.8 Å². The normalized spacial score (nSPS) is 18.9. The van der Waals surface area contributed by atoms with E-state index >= 15 is 0 Å². The summed E-state index contributed by atoms with van der Waals surface area (Å²) in [7, 11) is 0. The molecule has 0 aliphatic heterocycles. The van der Waals surface area contributed by atoms with Crippen LogP contribution in [-0.2, 0) is 20.3 Å². The van der Waals surface area contributed by atoms with E-state index in [2.05, 4.69) is 33.9 Å². The third kappa shape index (κ3) is 3.95. The molecule has 2 aromatic rings. The molecule has 4 nitrogen and oxygen atoms in total. The maximum atomic E-state index is 12.4. The minimum absolute atomic E-state index is 0.0464. The Kier molecular flexibility index (Phi) is 5.97. The number of esters is 2. The average molecular weight is 405 g/mol. The smallest absolute Gasteiger partial charge is 0.338 e. The fraction of sp³-hybridized carbons (Fsp3) is 0.308. The molecular weight excluding hydrogens is 376 g/mol. The Labute approximate surface area is 178 Å². The van der Waals surface area contributed by atoms with E-state index in [0.717, 1.165) is 17.5 Å². The van der Waals surface area contributed by atoms with Crippen LogP contribution in [0.5, 0.6) is 0 Å². The zero-order valence-corrected chi connectivity index (χ0v) is 17.9. The predicted molar refractivity (Wildman–Crippen MR) is 118 cm³/mol. The molecule has 0 heterocycles. The van der Waals surface area contributed by atoms with Gasteiger partial charge >= 0.3 is 11.9 Å². The highest BCUT2D eigenvalue weighted by Gasteiger charge is 2.46. The summed E-state index contributed by atoms with van der Waals surface area (Å²) >= 11 is 0. The van der Waals surface area contributed by atoms with Crippen molar-refractivity contribution in [2.45, 2.75) is 38.0 Å². The van der Waals surface area contributed by atoms with Crippen molar-refractivity contribution in [3.8, 4) is 0 Å². The van der Waals surface area contributed by atoms with Crippen molar-refractivity contribution in [2.75, 3.05) is 13.2 Å². The highest BCUT2D eigenvalue weighted by atomic mass is 16.5. The zero-order chi connectivity index (χ0) is 21.9. The molecule has 3 rings (SSSR count). The molecular formula is C26H28O4. The van der Waals surface area contributed by atoms with E-state index in [1.807, 2.05) is 30.3 Å². The molecule has 0 aromatic heterocycles. The summed E-state index contributed by atoms with van der Waals surface area (Å²) in [6.45, 7) is 14.1. The summed E-state index contributed by atoms with van der Waals surface area (Å²) in [5, 5.41) is 0. The summed E-state index contributed by atoms with van der Waals surface area (Å²) in [5.41, 5.74) is 4.12. The van der Waals surface area contributed by atoms with Gasteiger partial charge in [0, 0.05) is 5.41 Å². The largest absolute Gasteiger partial charge is 0.458 e. The van der Waals surface area contributed by atoms with Crippen LogP contribution in [0.2, 0.25) is 0 Å². The Morgan fingerprint density at radius 3 is 1.97 bits per heavy atom. The van der Waals surface area contributed by atoms with Gasteiger partial charge in [0.1, 0.15) is 13.2 Å². The average Bonchev–Trinajstić information content (AvgIpc) is 2.96. The fourth-order valence-electron chi connectivity index (χ4n) is 4.46. The molecule has 0 spiro atoms. The number of carbonyl (C=O) groups excluding carboxylic acids is 2. The predicted octanol–water partition coefficient (Wildman–Crippen LogP) is 5.36. The molecule has 0 N–H and O–H groups in total. The number of benzene rings is 2. The van der Waals surface area contributed by atoms with E-state index in [9.17, 15) is 9.59 Å². The van der Waals surface area contributed by atoms with E-state index in [1.54, 1.807) is 24.3 Å². The van der Waals surface area contributed by atoms with Gasteiger partial charge in [0.2, 0.25) is 0 Å². The van der Waals surface area contributed by atoms with Crippen LogP contribution in [0.3, 0.4) is 0 Å². The monoisotopic (exact) mass is 404 g/mol. The summed E-state index contributed by atoms with van der Waals surface area (Å²) in [4.78, 5) is 24.5. The Balaban J connectivity index is 1.98. The first-order valence-corrected chi connectivity index (χ1v) is 10.0. The fourth-order valence-corrected chi connectivity index (χ4v) is 4.46. The third-order valence-electron chi connectivity index (χ3n) is 5.80. The van der Waals surface area contributed by atoms with Gasteiger partial charge in [-0.25, -0.2) is 9.59 Å². The molecule has 0 saturated heterocycles. The second kappa shape index (κ2) is 8.31. The molecule has 156 valence electrons. The highest BCUT2D eigenvalue weighted by Crippen LogP contribution is 2.52. The van der Waals surface area contributed by atoms with Crippen molar-refractivity contribution in [2.24, 2.45) is 0 Å². The number of carbonyl (C=O) groups is 2. The Morgan fingerprint density at radius 2 is 1.40 bits per heavy atom. The molecule has 1 atom stereocenters. The van der Waals surface area contributed by atoms with Crippen molar-refractivity contribution >= 4 is 11.9 Å². The minimum atomic E-state index is -0.369. The van der Waals surface area contributed by atoms with E-state index in [-0.39, 0.29) is 36.0 Å². The van der Waals surface area contributed by atoms with Crippen LogP contribution in [0.4, 0.5) is 0 Å². The van der Waals surface area contributed by atoms with Crippen molar-refractivity contribution < 1.29 is 19.1 Å². The number of hydrogen-bond donors (Lipinski definition) is 0. The van der Waals surface area contributed by atoms with E-state index < -0.39 is 0 Å². The van der Waals surface area contributed by atoms with Gasteiger partial charge in [-0.15, -0.1) is 0 Å². The summed E-state index contributed by atoms with van der Waals surface area (Å²) in [5.74, 6) is -0.726. The van der Waals surface area contributed by atoms with Gasteiger partial charge in [0.15, 0.2) is 0 Å². The Morgan fingerprint density at radius 1 is 0.867 bits per heavy atom. The van der Waals surface area contributed by atoms with Crippen LogP contribution < -0.4 is 0 Å². The second-order valence-electron chi connectivity index (χ2n) is 8.50. The van der Waals surface area contributed by atoms with E-state index in [0.29, 0.717) is 11.1 Å². The number of ether oxygens (including phenoxy) is 2. The number of rotatable bonds is 7. The lowest BCUT2D eigenvalue weighted by Crippen LogP contribution is -2.23. The topological polar surface area (TPSA) is 52.6 Å². The quantitative estimate of drug-likeness (QED) is 0.460. The first-order valence-electron chi connectivity index (χ1n) is 10.0. The van der Waals surface area contributed by atoms with Crippen molar-refractivity contribution in [1.82, 2.24) is 0 Å². The minimum Gasteiger partial charge on any atom is -0.458 e. The van der Waals surface area contributed by atoms with Crippen LogP contribution in [0.1, 0.15) is 64.6 Å². The molecule has 0 bridgehead atoms. The molecule has 1 aliphatic carbocycles. The van der Waals surface area contributed by atoms with Gasteiger partial charge in [0.25, 0.3) is 0 Å². The van der Waals surface area contributed by atoms with Crippen LogP contribution in [0, 0.1) is 0 Å².